The maximum Gasteiger partial charge on any atom is 0.237 e. The summed E-state index contributed by atoms with van der Waals surface area (Å²) in [6.07, 6.45) is 0.910. The predicted octanol–water partition coefficient (Wildman–Crippen LogP) is 2.55. The summed E-state index contributed by atoms with van der Waals surface area (Å²) in [5.41, 5.74) is 8.30. The number of carbonyl (C=O) groups is 1. The molecular weight excluding hydrogens is 298 g/mol. The molecule has 5 heteroatoms. The van der Waals surface area contributed by atoms with Crippen LogP contribution >= 0.6 is 12.4 Å². The average molecular weight is 328 g/mol. The molecule has 1 aromatic rings. The molecule has 1 amide bonds. The van der Waals surface area contributed by atoms with Gasteiger partial charge in [-0.05, 0) is 30.6 Å². The number of hydrogen-bond acceptors (Lipinski definition) is 3. The molecule has 126 valence electrons. The number of benzene rings is 1. The van der Waals surface area contributed by atoms with Crippen LogP contribution in [0.1, 0.15) is 38.3 Å². The van der Waals surface area contributed by atoms with Gasteiger partial charge in [-0.3, -0.25) is 4.79 Å². The Morgan fingerprint density at radius 3 is 2.55 bits per heavy atom. The second-order valence-electron chi connectivity index (χ2n) is 5.78. The van der Waals surface area contributed by atoms with Crippen molar-refractivity contribution in [2.75, 3.05) is 13.6 Å². The minimum atomic E-state index is -0.426. The van der Waals surface area contributed by atoms with Gasteiger partial charge in [0, 0.05) is 13.1 Å². The molecule has 0 saturated carbocycles. The highest BCUT2D eigenvalue weighted by Gasteiger charge is 2.18. The summed E-state index contributed by atoms with van der Waals surface area (Å²) in [5.74, 6) is 0.134. The quantitative estimate of drug-likeness (QED) is 0.771. The van der Waals surface area contributed by atoms with Crippen LogP contribution in [0, 0.1) is 5.92 Å². The molecule has 0 heterocycles. The third kappa shape index (κ3) is 6.77. The number of nitrogens with zero attached hydrogens (tertiary/aromatic N) is 1. The maximum absolute atomic E-state index is 12.0. The summed E-state index contributed by atoms with van der Waals surface area (Å²) in [6.45, 7) is 8.67. The van der Waals surface area contributed by atoms with E-state index in [4.69, 9.17) is 5.73 Å². The van der Waals surface area contributed by atoms with Gasteiger partial charge in [0.1, 0.15) is 0 Å². The number of carbonyl (C=O) groups excluding carboxylic acids is 1. The highest BCUT2D eigenvalue weighted by atomic mass is 35.5. The molecule has 1 aromatic carbocycles. The van der Waals surface area contributed by atoms with Crippen LogP contribution in [-0.4, -0.2) is 30.4 Å². The number of amides is 1. The summed E-state index contributed by atoms with van der Waals surface area (Å²) in [4.78, 5) is 14.2. The van der Waals surface area contributed by atoms with Crippen LogP contribution in [0.4, 0.5) is 0 Å². The van der Waals surface area contributed by atoms with E-state index < -0.39 is 6.04 Å². The van der Waals surface area contributed by atoms with Crippen LogP contribution in [0.2, 0.25) is 0 Å². The van der Waals surface area contributed by atoms with Gasteiger partial charge < -0.3 is 16.0 Å². The molecule has 0 spiro atoms. The third-order valence-corrected chi connectivity index (χ3v) is 4.01. The Balaban J connectivity index is 0.00000441. The van der Waals surface area contributed by atoms with E-state index in [1.165, 1.54) is 5.56 Å². The lowest BCUT2D eigenvalue weighted by Crippen LogP contribution is -2.44. The molecule has 0 fully saturated rings. The fourth-order valence-electron chi connectivity index (χ4n) is 2.08. The molecule has 2 unspecified atom stereocenters. The first-order chi connectivity index (χ1) is 9.97. The molecule has 0 radical (unpaired) electrons. The molecule has 4 nitrogen and oxygen atoms in total. The topological polar surface area (TPSA) is 58.4 Å². The van der Waals surface area contributed by atoms with Gasteiger partial charge in [0.05, 0.1) is 6.04 Å². The summed E-state index contributed by atoms with van der Waals surface area (Å²) in [5, 5.41) is 2.93. The second-order valence-corrected chi connectivity index (χ2v) is 5.78. The van der Waals surface area contributed by atoms with Crippen molar-refractivity contribution in [2.24, 2.45) is 11.7 Å². The zero-order chi connectivity index (χ0) is 15.8. The minimum absolute atomic E-state index is 0. The SMILES string of the molecule is CCC(C)C(N)C(=O)NCc1cccc(CN(C)CC)c1.Cl. The Hall–Kier alpha value is -1.10. The lowest BCUT2D eigenvalue weighted by molar-refractivity contribution is -0.123. The Morgan fingerprint density at radius 2 is 1.95 bits per heavy atom. The minimum Gasteiger partial charge on any atom is -0.351 e. The normalized spacial score (nSPS) is 13.4. The summed E-state index contributed by atoms with van der Waals surface area (Å²) in [6, 6.07) is 7.90. The molecular formula is C17H30ClN3O. The number of hydrogen-bond donors (Lipinski definition) is 2. The Morgan fingerprint density at radius 1 is 1.32 bits per heavy atom. The maximum atomic E-state index is 12.0. The molecule has 0 aliphatic heterocycles. The van der Waals surface area contributed by atoms with Gasteiger partial charge in [-0.1, -0.05) is 51.5 Å². The molecule has 0 aliphatic rings. The Kier molecular flexibility index (Phi) is 10.1. The Labute approximate surface area is 140 Å². The fraction of sp³-hybridized carbons (Fsp3) is 0.588. The van der Waals surface area contributed by atoms with Gasteiger partial charge in [0.2, 0.25) is 5.91 Å². The van der Waals surface area contributed by atoms with Crippen molar-refractivity contribution in [3.8, 4) is 0 Å². The highest BCUT2D eigenvalue weighted by Crippen LogP contribution is 2.09. The molecule has 2 atom stereocenters. The predicted molar refractivity (Wildman–Crippen MR) is 95.0 cm³/mol. The van der Waals surface area contributed by atoms with E-state index in [1.54, 1.807) is 0 Å². The van der Waals surface area contributed by atoms with E-state index in [1.807, 2.05) is 26.0 Å². The van der Waals surface area contributed by atoms with Crippen molar-refractivity contribution >= 4 is 18.3 Å². The summed E-state index contributed by atoms with van der Waals surface area (Å²) >= 11 is 0. The number of rotatable bonds is 8. The summed E-state index contributed by atoms with van der Waals surface area (Å²) in [7, 11) is 2.10. The van der Waals surface area contributed by atoms with Gasteiger partial charge in [-0.25, -0.2) is 0 Å². The van der Waals surface area contributed by atoms with E-state index in [0.717, 1.165) is 25.1 Å². The lowest BCUT2D eigenvalue weighted by atomic mass is 9.99. The van der Waals surface area contributed by atoms with Gasteiger partial charge in [-0.15, -0.1) is 12.4 Å². The van der Waals surface area contributed by atoms with E-state index in [2.05, 4.69) is 36.3 Å². The number of halogens is 1. The number of nitrogens with one attached hydrogen (secondary N) is 1. The van der Waals surface area contributed by atoms with Crippen LogP contribution in [0.15, 0.2) is 24.3 Å². The first-order valence-electron chi connectivity index (χ1n) is 7.77. The van der Waals surface area contributed by atoms with E-state index in [-0.39, 0.29) is 24.2 Å². The standard InChI is InChI=1S/C17H29N3O.ClH/c1-5-13(3)16(18)17(21)19-11-14-8-7-9-15(10-14)12-20(4)6-2;/h7-10,13,16H,5-6,11-12,18H2,1-4H3,(H,19,21);1H. The van der Waals surface area contributed by atoms with Crippen LogP contribution in [0.5, 0.6) is 0 Å². The van der Waals surface area contributed by atoms with Gasteiger partial charge in [0.25, 0.3) is 0 Å². The second kappa shape index (κ2) is 10.6. The van der Waals surface area contributed by atoms with Gasteiger partial charge >= 0.3 is 0 Å². The van der Waals surface area contributed by atoms with Crippen molar-refractivity contribution < 1.29 is 4.79 Å². The fourth-order valence-corrected chi connectivity index (χ4v) is 2.08. The first kappa shape index (κ1) is 20.9. The molecule has 3 N–H and O–H groups in total. The van der Waals surface area contributed by atoms with Crippen molar-refractivity contribution in [3.63, 3.8) is 0 Å². The van der Waals surface area contributed by atoms with E-state index in [0.29, 0.717) is 6.54 Å². The highest BCUT2D eigenvalue weighted by molar-refractivity contribution is 5.85. The van der Waals surface area contributed by atoms with Gasteiger partial charge in [-0.2, -0.15) is 0 Å². The van der Waals surface area contributed by atoms with Crippen molar-refractivity contribution in [2.45, 2.75) is 46.3 Å². The smallest absolute Gasteiger partial charge is 0.237 e. The van der Waals surface area contributed by atoms with Crippen LogP contribution < -0.4 is 11.1 Å². The third-order valence-electron chi connectivity index (χ3n) is 4.01. The van der Waals surface area contributed by atoms with Crippen molar-refractivity contribution in [3.05, 3.63) is 35.4 Å². The number of nitrogens with two attached hydrogens (primary N) is 1. The zero-order valence-electron chi connectivity index (χ0n) is 14.1. The lowest BCUT2D eigenvalue weighted by Gasteiger charge is -2.18. The van der Waals surface area contributed by atoms with Crippen molar-refractivity contribution in [1.82, 2.24) is 10.2 Å². The summed E-state index contributed by atoms with van der Waals surface area (Å²) < 4.78 is 0. The zero-order valence-corrected chi connectivity index (χ0v) is 15.0. The molecule has 0 saturated heterocycles. The molecule has 0 aliphatic carbocycles. The van der Waals surface area contributed by atoms with Crippen LogP contribution in [0.3, 0.4) is 0 Å². The largest absolute Gasteiger partial charge is 0.351 e. The molecule has 22 heavy (non-hydrogen) atoms. The van der Waals surface area contributed by atoms with Gasteiger partial charge in [0.15, 0.2) is 0 Å². The van der Waals surface area contributed by atoms with E-state index >= 15 is 0 Å². The average Bonchev–Trinajstić information content (AvgIpc) is 2.51. The van der Waals surface area contributed by atoms with Crippen molar-refractivity contribution in [1.29, 1.82) is 0 Å². The Bertz CT molecular complexity index is 453. The van der Waals surface area contributed by atoms with E-state index in [9.17, 15) is 4.79 Å². The first-order valence-corrected chi connectivity index (χ1v) is 7.77. The van der Waals surface area contributed by atoms with Crippen LogP contribution in [-0.2, 0) is 17.9 Å². The monoisotopic (exact) mass is 327 g/mol. The molecule has 1 rings (SSSR count). The molecule has 0 bridgehead atoms. The molecule has 0 aromatic heterocycles. The van der Waals surface area contributed by atoms with Crippen LogP contribution in [0.25, 0.3) is 0 Å².